The molecule has 1 saturated heterocycles. The Hall–Kier alpha value is -2.14. The second-order valence-corrected chi connectivity index (χ2v) is 7.20. The highest BCUT2D eigenvalue weighted by molar-refractivity contribution is 7.12. The highest BCUT2D eigenvalue weighted by Crippen LogP contribution is 2.49. The number of hydrogen-bond donors (Lipinski definition) is 1. The molecule has 2 heterocycles. The van der Waals surface area contributed by atoms with Crippen molar-refractivity contribution in [1.29, 1.82) is 0 Å². The van der Waals surface area contributed by atoms with Gasteiger partial charge in [0, 0.05) is 31.8 Å². The van der Waals surface area contributed by atoms with Gasteiger partial charge in [0.25, 0.3) is 5.91 Å². The number of nitrogens with zero attached hydrogens (tertiary/aromatic N) is 1. The van der Waals surface area contributed by atoms with E-state index >= 15 is 0 Å². The highest BCUT2D eigenvalue weighted by atomic mass is 32.1. The molecule has 0 unspecified atom stereocenters. The summed E-state index contributed by atoms with van der Waals surface area (Å²) < 4.78 is 0. The van der Waals surface area contributed by atoms with Gasteiger partial charge in [0.1, 0.15) is 0 Å². The third-order valence-electron chi connectivity index (χ3n) is 5.00. The molecule has 5 heteroatoms. The molecule has 1 aromatic carbocycles. The Morgan fingerprint density at radius 3 is 2.61 bits per heavy atom. The minimum absolute atomic E-state index is 0.0184. The fraction of sp³-hybridized carbons (Fsp3) is 0.333. The topological polar surface area (TPSA) is 49.4 Å². The largest absolute Gasteiger partial charge is 0.344 e. The van der Waals surface area contributed by atoms with Crippen LogP contribution in [-0.4, -0.2) is 29.8 Å². The quantitative estimate of drug-likeness (QED) is 0.922. The third kappa shape index (κ3) is 2.36. The van der Waals surface area contributed by atoms with E-state index in [0.29, 0.717) is 12.5 Å². The molecule has 0 bridgehead atoms. The van der Waals surface area contributed by atoms with E-state index in [4.69, 9.17) is 0 Å². The van der Waals surface area contributed by atoms with Crippen LogP contribution in [0.1, 0.15) is 39.7 Å². The number of nitrogens with one attached hydrogen (secondary N) is 1. The molecule has 1 aromatic heterocycles. The maximum atomic E-state index is 12.5. The van der Waals surface area contributed by atoms with Crippen LogP contribution >= 0.6 is 11.3 Å². The minimum atomic E-state index is -0.0262. The number of benzene rings is 1. The van der Waals surface area contributed by atoms with Gasteiger partial charge in [-0.3, -0.25) is 9.59 Å². The lowest BCUT2D eigenvalue weighted by Gasteiger charge is -2.22. The molecule has 2 amide bonds. The Labute approximate surface area is 139 Å². The number of carbonyl (C=O) groups is 2. The fourth-order valence-corrected chi connectivity index (χ4v) is 4.55. The van der Waals surface area contributed by atoms with Crippen molar-refractivity contribution in [2.75, 3.05) is 13.1 Å². The summed E-state index contributed by atoms with van der Waals surface area (Å²) >= 11 is 1.45. The molecule has 4 nitrogen and oxygen atoms in total. The van der Waals surface area contributed by atoms with Crippen LogP contribution in [0.25, 0.3) is 0 Å². The first kappa shape index (κ1) is 14.5. The van der Waals surface area contributed by atoms with Crippen LogP contribution in [0.2, 0.25) is 0 Å². The Morgan fingerprint density at radius 1 is 1.13 bits per heavy atom. The van der Waals surface area contributed by atoms with Crippen LogP contribution in [0, 0.1) is 5.92 Å². The molecule has 23 heavy (non-hydrogen) atoms. The van der Waals surface area contributed by atoms with Crippen molar-refractivity contribution in [3.05, 3.63) is 57.8 Å². The molecule has 118 valence electrons. The standard InChI is InChI=1S/C18H18N2O2S/c1-11(21)20-9-14-12-5-2-3-6-13(12)17(15(14)10-20)19-18(22)16-7-4-8-23-16/h2-8,14-15,17H,9-10H2,1H3,(H,19,22)/t14-,15-,17-/m1/s1. The van der Waals surface area contributed by atoms with Crippen LogP contribution in [0.3, 0.4) is 0 Å². The van der Waals surface area contributed by atoms with E-state index in [-0.39, 0.29) is 23.8 Å². The Bertz CT molecular complexity index is 756. The minimum Gasteiger partial charge on any atom is -0.344 e. The van der Waals surface area contributed by atoms with Crippen molar-refractivity contribution < 1.29 is 9.59 Å². The van der Waals surface area contributed by atoms with Gasteiger partial charge in [-0.15, -0.1) is 11.3 Å². The summed E-state index contributed by atoms with van der Waals surface area (Å²) in [7, 11) is 0. The van der Waals surface area contributed by atoms with E-state index in [1.165, 1.54) is 22.5 Å². The summed E-state index contributed by atoms with van der Waals surface area (Å²) in [4.78, 5) is 26.9. The van der Waals surface area contributed by atoms with Gasteiger partial charge in [-0.25, -0.2) is 0 Å². The number of thiophene rings is 1. The van der Waals surface area contributed by atoms with Gasteiger partial charge >= 0.3 is 0 Å². The first-order valence-corrected chi connectivity index (χ1v) is 8.72. The van der Waals surface area contributed by atoms with E-state index in [9.17, 15) is 9.59 Å². The number of carbonyl (C=O) groups excluding carboxylic acids is 2. The number of fused-ring (bicyclic) bond motifs is 3. The van der Waals surface area contributed by atoms with Gasteiger partial charge in [0.2, 0.25) is 5.91 Å². The van der Waals surface area contributed by atoms with E-state index in [2.05, 4.69) is 17.4 Å². The molecular weight excluding hydrogens is 308 g/mol. The van der Waals surface area contributed by atoms with E-state index in [1.54, 1.807) is 6.92 Å². The number of likely N-dealkylation sites (tertiary alicyclic amines) is 1. The molecule has 1 N–H and O–H groups in total. The van der Waals surface area contributed by atoms with Crippen molar-refractivity contribution in [3.8, 4) is 0 Å². The average molecular weight is 326 g/mol. The molecule has 1 fully saturated rings. The molecule has 0 radical (unpaired) electrons. The van der Waals surface area contributed by atoms with Crippen molar-refractivity contribution in [1.82, 2.24) is 10.2 Å². The molecule has 1 aliphatic carbocycles. The van der Waals surface area contributed by atoms with E-state index in [1.807, 2.05) is 34.5 Å². The van der Waals surface area contributed by atoms with Crippen LogP contribution in [0.4, 0.5) is 0 Å². The van der Waals surface area contributed by atoms with Gasteiger partial charge < -0.3 is 10.2 Å². The predicted molar refractivity (Wildman–Crippen MR) is 89.5 cm³/mol. The summed E-state index contributed by atoms with van der Waals surface area (Å²) in [6, 6.07) is 12.0. The van der Waals surface area contributed by atoms with Crippen LogP contribution < -0.4 is 5.32 Å². The fourth-order valence-electron chi connectivity index (χ4n) is 3.92. The zero-order valence-corrected chi connectivity index (χ0v) is 13.7. The second-order valence-electron chi connectivity index (χ2n) is 6.25. The van der Waals surface area contributed by atoms with Gasteiger partial charge in [0.15, 0.2) is 0 Å². The zero-order chi connectivity index (χ0) is 16.0. The molecular formula is C18H18N2O2S. The zero-order valence-electron chi connectivity index (χ0n) is 12.9. The first-order chi connectivity index (χ1) is 11.1. The van der Waals surface area contributed by atoms with Crippen molar-refractivity contribution >= 4 is 23.2 Å². The third-order valence-corrected chi connectivity index (χ3v) is 5.87. The Kier molecular flexibility index (Phi) is 3.45. The molecule has 2 aromatic rings. The van der Waals surface area contributed by atoms with Crippen LogP contribution in [0.5, 0.6) is 0 Å². The predicted octanol–water partition coefficient (Wildman–Crippen LogP) is 2.79. The monoisotopic (exact) mass is 326 g/mol. The lowest BCUT2D eigenvalue weighted by molar-refractivity contribution is -0.128. The summed E-state index contributed by atoms with van der Waals surface area (Å²) in [5, 5.41) is 5.11. The van der Waals surface area contributed by atoms with Crippen LogP contribution in [0.15, 0.2) is 41.8 Å². The Morgan fingerprint density at radius 2 is 1.91 bits per heavy atom. The summed E-state index contributed by atoms with van der Waals surface area (Å²) in [5.74, 6) is 0.672. The lowest BCUT2D eigenvalue weighted by atomic mass is 9.94. The van der Waals surface area contributed by atoms with E-state index in [0.717, 1.165) is 11.4 Å². The van der Waals surface area contributed by atoms with Crippen molar-refractivity contribution in [3.63, 3.8) is 0 Å². The van der Waals surface area contributed by atoms with Crippen molar-refractivity contribution in [2.45, 2.75) is 18.9 Å². The molecule has 3 atom stereocenters. The highest BCUT2D eigenvalue weighted by Gasteiger charge is 2.47. The second kappa shape index (κ2) is 5.49. The van der Waals surface area contributed by atoms with Gasteiger partial charge in [-0.05, 0) is 22.6 Å². The first-order valence-electron chi connectivity index (χ1n) is 7.84. The summed E-state index contributed by atoms with van der Waals surface area (Å²) in [6.07, 6.45) is 0. The molecule has 1 aliphatic heterocycles. The summed E-state index contributed by atoms with van der Waals surface area (Å²) in [5.41, 5.74) is 2.48. The smallest absolute Gasteiger partial charge is 0.261 e. The molecule has 2 aliphatic rings. The van der Waals surface area contributed by atoms with Gasteiger partial charge in [0.05, 0.1) is 10.9 Å². The Balaban J connectivity index is 1.65. The number of amides is 2. The summed E-state index contributed by atoms with van der Waals surface area (Å²) in [6.45, 7) is 3.08. The van der Waals surface area contributed by atoms with E-state index < -0.39 is 0 Å². The normalized spacial score (nSPS) is 25.1. The number of rotatable bonds is 2. The van der Waals surface area contributed by atoms with Crippen LogP contribution in [-0.2, 0) is 4.79 Å². The van der Waals surface area contributed by atoms with Gasteiger partial charge in [-0.1, -0.05) is 30.3 Å². The lowest BCUT2D eigenvalue weighted by Crippen LogP contribution is -2.34. The van der Waals surface area contributed by atoms with Crippen molar-refractivity contribution in [2.24, 2.45) is 5.92 Å². The van der Waals surface area contributed by atoms with Gasteiger partial charge in [-0.2, -0.15) is 0 Å². The molecule has 0 saturated carbocycles. The SMILES string of the molecule is CC(=O)N1C[C@@H]2[C@H](C1)c1ccccc1[C@H]2NC(=O)c1cccs1. The maximum Gasteiger partial charge on any atom is 0.261 e. The number of hydrogen-bond acceptors (Lipinski definition) is 3. The molecule has 0 spiro atoms. The molecule has 4 rings (SSSR count). The average Bonchev–Trinajstić information content (AvgIpc) is 3.24. The maximum absolute atomic E-state index is 12.5.